The summed E-state index contributed by atoms with van der Waals surface area (Å²) in [5, 5.41) is 19.4. The van der Waals surface area contributed by atoms with Crippen molar-refractivity contribution in [2.75, 3.05) is 51.6 Å². The molecule has 182 valence electrons. The molecule has 0 atom stereocenters. The standard InChI is InChI=1S/C23H25ClN8O3/c1-25-17-11-21(35-4)20(12-19(17)32(33)34)30(10-9-29(2)3)23-26-14-16(24)22(28-23)15-13-27-31-8-6-5-7-18(15)31/h5-8,11-14,25H,9-10H2,1-4H3. The maximum atomic E-state index is 11.8. The number of aromatic nitrogens is 4. The van der Waals surface area contributed by atoms with Crippen molar-refractivity contribution in [1.29, 1.82) is 0 Å². The summed E-state index contributed by atoms with van der Waals surface area (Å²) >= 11 is 6.52. The molecule has 3 heterocycles. The zero-order valence-electron chi connectivity index (χ0n) is 19.8. The first-order valence-electron chi connectivity index (χ1n) is 10.8. The molecule has 0 fully saturated rings. The van der Waals surface area contributed by atoms with Crippen LogP contribution in [0, 0.1) is 10.1 Å². The van der Waals surface area contributed by atoms with Gasteiger partial charge in [0.15, 0.2) is 0 Å². The van der Waals surface area contributed by atoms with E-state index in [-0.39, 0.29) is 5.69 Å². The second-order valence-electron chi connectivity index (χ2n) is 7.96. The first-order valence-corrected chi connectivity index (χ1v) is 11.1. The quantitative estimate of drug-likeness (QED) is 0.270. The third kappa shape index (κ3) is 4.81. The number of hydrogen-bond donors (Lipinski definition) is 1. The van der Waals surface area contributed by atoms with E-state index in [1.54, 1.807) is 28.7 Å². The number of ether oxygens (including phenoxy) is 1. The Morgan fingerprint density at radius 2 is 2.03 bits per heavy atom. The largest absolute Gasteiger partial charge is 0.494 e. The minimum absolute atomic E-state index is 0.0880. The first-order chi connectivity index (χ1) is 16.8. The second kappa shape index (κ2) is 10.1. The summed E-state index contributed by atoms with van der Waals surface area (Å²) in [6.45, 7) is 1.07. The van der Waals surface area contributed by atoms with Gasteiger partial charge in [-0.1, -0.05) is 17.7 Å². The number of rotatable bonds is 9. The summed E-state index contributed by atoms with van der Waals surface area (Å²) in [6, 6.07) is 8.78. The third-order valence-corrected chi connectivity index (χ3v) is 5.76. The number of hydrogen-bond acceptors (Lipinski definition) is 9. The van der Waals surface area contributed by atoms with E-state index in [1.807, 2.05) is 43.4 Å². The molecule has 0 aliphatic rings. The number of nitrogens with zero attached hydrogens (tertiary/aromatic N) is 7. The number of anilines is 3. The summed E-state index contributed by atoms with van der Waals surface area (Å²) in [6.07, 6.45) is 5.06. The average molecular weight is 497 g/mol. The van der Waals surface area contributed by atoms with Crippen molar-refractivity contribution >= 4 is 40.1 Å². The van der Waals surface area contributed by atoms with Gasteiger partial charge in [0.1, 0.15) is 11.4 Å². The number of pyridine rings is 1. The lowest BCUT2D eigenvalue weighted by Crippen LogP contribution is -2.30. The van der Waals surface area contributed by atoms with Crippen molar-refractivity contribution < 1.29 is 9.66 Å². The fourth-order valence-corrected chi connectivity index (χ4v) is 3.90. The molecule has 35 heavy (non-hydrogen) atoms. The number of nitrogens with one attached hydrogen (secondary N) is 1. The van der Waals surface area contributed by atoms with E-state index in [4.69, 9.17) is 21.3 Å². The Bertz CT molecular complexity index is 1370. The normalized spacial score (nSPS) is 11.1. The van der Waals surface area contributed by atoms with Gasteiger partial charge in [-0.15, -0.1) is 0 Å². The van der Waals surface area contributed by atoms with Crippen molar-refractivity contribution in [3.05, 3.63) is 64.1 Å². The van der Waals surface area contributed by atoms with Gasteiger partial charge in [0.2, 0.25) is 5.95 Å². The van der Waals surface area contributed by atoms with Crippen LogP contribution in [0.1, 0.15) is 0 Å². The van der Waals surface area contributed by atoms with Gasteiger partial charge in [-0.25, -0.2) is 14.5 Å². The molecule has 0 unspecified atom stereocenters. The van der Waals surface area contributed by atoms with Crippen LogP contribution in [0.15, 0.2) is 48.9 Å². The fourth-order valence-electron chi connectivity index (χ4n) is 3.70. The van der Waals surface area contributed by atoms with Crippen LogP contribution in [0.2, 0.25) is 5.02 Å². The van der Waals surface area contributed by atoms with Crippen LogP contribution >= 0.6 is 11.6 Å². The van der Waals surface area contributed by atoms with E-state index >= 15 is 0 Å². The molecule has 1 aromatic carbocycles. The van der Waals surface area contributed by atoms with E-state index in [2.05, 4.69) is 15.4 Å². The number of nitro benzene ring substituents is 1. The highest BCUT2D eigenvalue weighted by molar-refractivity contribution is 6.33. The van der Waals surface area contributed by atoms with Crippen molar-refractivity contribution in [1.82, 2.24) is 24.5 Å². The molecule has 11 nitrogen and oxygen atoms in total. The Kier molecular flexibility index (Phi) is 6.99. The molecule has 4 aromatic rings. The lowest BCUT2D eigenvalue weighted by Gasteiger charge is -2.26. The summed E-state index contributed by atoms with van der Waals surface area (Å²) < 4.78 is 7.34. The molecule has 0 radical (unpaired) electrons. The van der Waals surface area contributed by atoms with Gasteiger partial charge in [-0.05, 0) is 26.2 Å². The van der Waals surface area contributed by atoms with Gasteiger partial charge in [0.25, 0.3) is 5.69 Å². The zero-order valence-corrected chi connectivity index (χ0v) is 20.5. The monoisotopic (exact) mass is 496 g/mol. The third-order valence-electron chi connectivity index (χ3n) is 5.48. The average Bonchev–Trinajstić information content (AvgIpc) is 3.28. The smallest absolute Gasteiger partial charge is 0.294 e. The van der Waals surface area contributed by atoms with Crippen LogP contribution in [0.25, 0.3) is 16.8 Å². The van der Waals surface area contributed by atoms with Crippen LogP contribution < -0.4 is 15.0 Å². The molecular formula is C23H25ClN8O3. The van der Waals surface area contributed by atoms with Gasteiger partial charge >= 0.3 is 0 Å². The molecule has 0 aliphatic heterocycles. The highest BCUT2D eigenvalue weighted by Gasteiger charge is 2.25. The zero-order chi connectivity index (χ0) is 25.1. The number of methoxy groups -OCH3 is 1. The second-order valence-corrected chi connectivity index (χ2v) is 8.37. The van der Waals surface area contributed by atoms with Crippen molar-refractivity contribution in [2.24, 2.45) is 0 Å². The predicted molar refractivity (Wildman–Crippen MR) is 136 cm³/mol. The summed E-state index contributed by atoms with van der Waals surface area (Å²) in [5.74, 6) is 0.765. The predicted octanol–water partition coefficient (Wildman–Crippen LogP) is 4.10. The molecular weight excluding hydrogens is 472 g/mol. The molecule has 3 aromatic heterocycles. The molecule has 1 N–H and O–H groups in total. The topological polar surface area (TPSA) is 114 Å². The van der Waals surface area contributed by atoms with Crippen molar-refractivity contribution in [3.63, 3.8) is 0 Å². The van der Waals surface area contributed by atoms with E-state index in [0.29, 0.717) is 46.9 Å². The van der Waals surface area contributed by atoms with E-state index in [0.717, 1.165) is 11.1 Å². The minimum atomic E-state index is -0.438. The van der Waals surface area contributed by atoms with Crippen LogP contribution in [0.3, 0.4) is 0 Å². The van der Waals surface area contributed by atoms with Gasteiger partial charge in [0, 0.05) is 44.0 Å². The fraction of sp³-hybridized carbons (Fsp3) is 0.261. The lowest BCUT2D eigenvalue weighted by molar-refractivity contribution is -0.383. The van der Waals surface area contributed by atoms with Crippen LogP contribution in [0.4, 0.5) is 23.0 Å². The highest BCUT2D eigenvalue weighted by atomic mass is 35.5. The number of fused-ring (bicyclic) bond motifs is 1. The Balaban J connectivity index is 1.89. The van der Waals surface area contributed by atoms with Crippen molar-refractivity contribution in [2.45, 2.75) is 0 Å². The van der Waals surface area contributed by atoms with Gasteiger partial charge in [-0.2, -0.15) is 5.10 Å². The lowest BCUT2D eigenvalue weighted by atomic mass is 10.2. The molecule has 0 bridgehead atoms. The Morgan fingerprint density at radius 3 is 2.71 bits per heavy atom. The maximum Gasteiger partial charge on any atom is 0.294 e. The molecule has 0 saturated heterocycles. The van der Waals surface area contributed by atoms with E-state index in [9.17, 15) is 10.1 Å². The van der Waals surface area contributed by atoms with Gasteiger partial charge in [0.05, 0.1) is 46.3 Å². The molecule has 0 amide bonds. The Morgan fingerprint density at radius 1 is 1.23 bits per heavy atom. The van der Waals surface area contributed by atoms with Gasteiger partial charge < -0.3 is 19.9 Å². The summed E-state index contributed by atoms with van der Waals surface area (Å²) in [4.78, 5) is 24.4. The molecule has 0 saturated carbocycles. The van der Waals surface area contributed by atoms with Gasteiger partial charge in [-0.3, -0.25) is 10.1 Å². The van der Waals surface area contributed by atoms with Crippen LogP contribution in [-0.2, 0) is 0 Å². The maximum absolute atomic E-state index is 11.8. The first kappa shape index (κ1) is 24.2. The minimum Gasteiger partial charge on any atom is -0.494 e. The molecule has 0 aliphatic carbocycles. The molecule has 4 rings (SSSR count). The highest BCUT2D eigenvalue weighted by Crippen LogP contribution is 2.41. The van der Waals surface area contributed by atoms with E-state index in [1.165, 1.54) is 19.4 Å². The number of nitro groups is 1. The SMILES string of the molecule is CNc1cc(OC)c(N(CCN(C)C)c2ncc(Cl)c(-c3cnn4ccccc34)n2)cc1[N+](=O)[O-]. The summed E-state index contributed by atoms with van der Waals surface area (Å²) in [7, 11) is 7.02. The van der Waals surface area contributed by atoms with Crippen molar-refractivity contribution in [3.8, 4) is 17.0 Å². The molecule has 0 spiro atoms. The Labute approximate surface area is 207 Å². The molecule has 12 heteroatoms. The number of benzene rings is 1. The number of likely N-dealkylation sites (N-methyl/N-ethyl adjacent to an activating group) is 1. The van der Waals surface area contributed by atoms with Crippen LogP contribution in [0.5, 0.6) is 5.75 Å². The van der Waals surface area contributed by atoms with Crippen LogP contribution in [-0.4, -0.2) is 70.7 Å². The van der Waals surface area contributed by atoms with E-state index < -0.39 is 4.92 Å². The Hall–Kier alpha value is -3.96. The number of halogens is 1. The summed E-state index contributed by atoms with van der Waals surface area (Å²) in [5.41, 5.74) is 2.81.